The zero-order chi connectivity index (χ0) is 21.1. The Balaban J connectivity index is 2.10. The maximum Gasteiger partial charge on any atom is 0.339 e. The molecule has 1 unspecified atom stereocenters. The molecule has 0 heterocycles. The summed E-state index contributed by atoms with van der Waals surface area (Å²) in [5, 5.41) is 18.9. The van der Waals surface area contributed by atoms with Gasteiger partial charge in [0.1, 0.15) is 22.9 Å². The number of nitrogens with zero attached hydrogens (tertiary/aromatic N) is 1. The highest BCUT2D eigenvalue weighted by Gasteiger charge is 2.17. The molecule has 29 heavy (non-hydrogen) atoms. The van der Waals surface area contributed by atoms with Crippen LogP contribution >= 0.6 is 0 Å². The van der Waals surface area contributed by atoms with Crippen LogP contribution in [-0.4, -0.2) is 32.1 Å². The van der Waals surface area contributed by atoms with E-state index in [0.717, 1.165) is 16.4 Å². The van der Waals surface area contributed by atoms with Crippen molar-refractivity contribution >= 4 is 28.6 Å². The highest BCUT2D eigenvalue weighted by Crippen LogP contribution is 2.36. The number of aromatic carboxylic acids is 1. The van der Waals surface area contributed by atoms with E-state index < -0.39 is 28.8 Å². The second-order valence-corrected chi connectivity index (χ2v) is 6.71. The fourth-order valence-electron chi connectivity index (χ4n) is 2.85. The standard InChI is InChI=1S/C20H16FNO6S/c1-28-19-8-5-13(21)10-17(19)12-3-2-4-14(9-12)22(29(26)27)15-6-7-16(20(24)25)18(23)11-15/h2-11,23H,1H3,(H,24,25)(H,26,27)/p-1. The average Bonchev–Trinajstić information content (AvgIpc) is 2.68. The number of benzene rings is 3. The summed E-state index contributed by atoms with van der Waals surface area (Å²) in [6.07, 6.45) is 0. The lowest BCUT2D eigenvalue weighted by Gasteiger charge is -2.27. The highest BCUT2D eigenvalue weighted by molar-refractivity contribution is 7.81. The minimum atomic E-state index is -2.79. The van der Waals surface area contributed by atoms with E-state index in [2.05, 4.69) is 0 Å². The molecule has 0 saturated heterocycles. The Labute approximate surface area is 168 Å². The number of phenols is 1. The third kappa shape index (κ3) is 4.20. The summed E-state index contributed by atoms with van der Waals surface area (Å²) >= 11 is -2.79. The van der Waals surface area contributed by atoms with Crippen molar-refractivity contribution in [1.29, 1.82) is 0 Å². The molecule has 0 aliphatic heterocycles. The van der Waals surface area contributed by atoms with E-state index in [1.54, 1.807) is 12.1 Å². The summed E-state index contributed by atoms with van der Waals surface area (Å²) in [7, 11) is 1.44. The van der Waals surface area contributed by atoms with Crippen molar-refractivity contribution in [3.8, 4) is 22.6 Å². The molecule has 0 bridgehead atoms. The van der Waals surface area contributed by atoms with Crippen molar-refractivity contribution in [3.63, 3.8) is 0 Å². The van der Waals surface area contributed by atoms with Crippen LogP contribution in [0.3, 0.4) is 0 Å². The van der Waals surface area contributed by atoms with Gasteiger partial charge < -0.3 is 19.5 Å². The van der Waals surface area contributed by atoms with Gasteiger partial charge in [-0.3, -0.25) is 8.51 Å². The third-order valence-corrected chi connectivity index (χ3v) is 4.87. The van der Waals surface area contributed by atoms with Gasteiger partial charge in [-0.05, 0) is 48.0 Å². The molecular weight excluding hydrogens is 401 g/mol. The quantitative estimate of drug-likeness (QED) is 0.591. The highest BCUT2D eigenvalue weighted by atomic mass is 32.2. The molecule has 0 radical (unpaired) electrons. The number of halogens is 1. The van der Waals surface area contributed by atoms with Gasteiger partial charge in [0.2, 0.25) is 0 Å². The molecule has 9 heteroatoms. The zero-order valence-electron chi connectivity index (χ0n) is 15.0. The zero-order valence-corrected chi connectivity index (χ0v) is 15.9. The molecule has 3 rings (SSSR count). The maximum atomic E-state index is 13.7. The second-order valence-electron chi connectivity index (χ2n) is 5.91. The molecule has 0 aliphatic rings. The van der Waals surface area contributed by atoms with Crippen LogP contribution in [0.5, 0.6) is 11.5 Å². The number of carbonyl (C=O) groups is 1. The van der Waals surface area contributed by atoms with E-state index in [9.17, 15) is 23.1 Å². The summed E-state index contributed by atoms with van der Waals surface area (Å²) in [5.41, 5.74) is 0.799. The first-order chi connectivity index (χ1) is 13.8. The lowest BCUT2D eigenvalue weighted by atomic mass is 10.0. The van der Waals surface area contributed by atoms with Crippen LogP contribution in [0.2, 0.25) is 0 Å². The number of ether oxygens (including phenoxy) is 1. The molecule has 2 N–H and O–H groups in total. The first-order valence-corrected chi connectivity index (χ1v) is 9.25. The molecule has 0 aromatic heterocycles. The fourth-order valence-corrected chi connectivity index (χ4v) is 3.43. The van der Waals surface area contributed by atoms with E-state index in [4.69, 9.17) is 9.84 Å². The predicted molar refractivity (Wildman–Crippen MR) is 105 cm³/mol. The molecule has 3 aromatic carbocycles. The van der Waals surface area contributed by atoms with Crippen molar-refractivity contribution in [3.05, 3.63) is 72.0 Å². The number of carboxylic acids is 1. The van der Waals surface area contributed by atoms with E-state index >= 15 is 0 Å². The van der Waals surface area contributed by atoms with E-state index in [0.29, 0.717) is 16.9 Å². The molecule has 7 nitrogen and oxygen atoms in total. The molecule has 0 fully saturated rings. The van der Waals surface area contributed by atoms with Gasteiger partial charge in [0.05, 0.1) is 29.8 Å². The fraction of sp³-hybridized carbons (Fsp3) is 0.0500. The van der Waals surface area contributed by atoms with Crippen LogP contribution in [0, 0.1) is 5.82 Å². The normalized spacial score (nSPS) is 11.7. The number of hydrogen-bond acceptors (Lipinski definition) is 5. The number of anilines is 2. The Kier molecular flexibility index (Phi) is 5.81. The van der Waals surface area contributed by atoms with Crippen molar-refractivity contribution in [2.75, 3.05) is 11.4 Å². The van der Waals surface area contributed by atoms with Gasteiger partial charge in [-0.1, -0.05) is 12.1 Å². The topological polar surface area (TPSA) is 110 Å². The lowest BCUT2D eigenvalue weighted by Crippen LogP contribution is -2.19. The summed E-state index contributed by atoms with van der Waals surface area (Å²) in [5.74, 6) is -2.00. The summed E-state index contributed by atoms with van der Waals surface area (Å²) in [6, 6.07) is 13.6. The number of rotatable bonds is 6. The average molecular weight is 416 g/mol. The Bertz CT molecular complexity index is 1100. The van der Waals surface area contributed by atoms with Gasteiger partial charge in [-0.15, -0.1) is 0 Å². The van der Waals surface area contributed by atoms with Crippen LogP contribution in [0.4, 0.5) is 15.8 Å². The van der Waals surface area contributed by atoms with Crippen LogP contribution in [0.1, 0.15) is 10.4 Å². The molecule has 150 valence electrons. The van der Waals surface area contributed by atoms with Crippen LogP contribution in [0.15, 0.2) is 60.7 Å². The van der Waals surface area contributed by atoms with Gasteiger partial charge in [0.25, 0.3) is 0 Å². The van der Waals surface area contributed by atoms with Crippen molar-refractivity contribution in [2.24, 2.45) is 0 Å². The van der Waals surface area contributed by atoms with Crippen LogP contribution in [0.25, 0.3) is 11.1 Å². The Hall–Kier alpha value is -3.43. The van der Waals surface area contributed by atoms with E-state index in [1.807, 2.05) is 0 Å². The summed E-state index contributed by atoms with van der Waals surface area (Å²) in [4.78, 5) is 11.1. The van der Waals surface area contributed by atoms with Gasteiger partial charge in [0.15, 0.2) is 0 Å². The number of carboxylic acid groups (broad SMARTS) is 1. The van der Waals surface area contributed by atoms with Gasteiger partial charge in [-0.25, -0.2) is 9.18 Å². The SMILES string of the molecule is COc1ccc(F)cc1-c1cccc(N(c2ccc(C(=O)O)c(O)c2)S(=O)[O-])c1. The predicted octanol–water partition coefficient (Wildman–Crippen LogP) is 3.84. The largest absolute Gasteiger partial charge is 0.755 e. The van der Waals surface area contributed by atoms with Crippen LogP contribution in [-0.2, 0) is 11.3 Å². The van der Waals surface area contributed by atoms with Crippen molar-refractivity contribution < 1.29 is 32.9 Å². The minimum Gasteiger partial charge on any atom is -0.755 e. The Morgan fingerprint density at radius 2 is 1.83 bits per heavy atom. The molecule has 0 aliphatic carbocycles. The van der Waals surface area contributed by atoms with E-state index in [-0.39, 0.29) is 16.9 Å². The van der Waals surface area contributed by atoms with Crippen molar-refractivity contribution in [1.82, 2.24) is 0 Å². The summed E-state index contributed by atoms with van der Waals surface area (Å²) in [6.45, 7) is 0. The number of methoxy groups -OCH3 is 1. The van der Waals surface area contributed by atoms with Gasteiger partial charge in [-0.2, -0.15) is 0 Å². The Morgan fingerprint density at radius 3 is 2.45 bits per heavy atom. The first kappa shape index (κ1) is 20.3. The maximum absolute atomic E-state index is 13.7. The monoisotopic (exact) mass is 416 g/mol. The van der Waals surface area contributed by atoms with Gasteiger partial charge in [0, 0.05) is 11.6 Å². The molecular formula is C20H15FNO6S-. The van der Waals surface area contributed by atoms with E-state index in [1.165, 1.54) is 43.5 Å². The molecule has 1 atom stereocenters. The molecule has 3 aromatic rings. The van der Waals surface area contributed by atoms with Crippen molar-refractivity contribution in [2.45, 2.75) is 0 Å². The molecule has 0 amide bonds. The number of aromatic hydroxyl groups is 1. The minimum absolute atomic E-state index is 0.0317. The lowest BCUT2D eigenvalue weighted by molar-refractivity contribution is 0.0693. The summed E-state index contributed by atoms with van der Waals surface area (Å²) < 4.78 is 43.6. The van der Waals surface area contributed by atoms with Gasteiger partial charge >= 0.3 is 5.97 Å². The first-order valence-electron chi connectivity index (χ1n) is 8.21. The second kappa shape index (κ2) is 8.29. The smallest absolute Gasteiger partial charge is 0.339 e. The number of hydrogen-bond donors (Lipinski definition) is 2. The molecule has 0 saturated carbocycles. The Morgan fingerprint density at radius 1 is 1.10 bits per heavy atom. The third-order valence-electron chi connectivity index (χ3n) is 4.15. The van der Waals surface area contributed by atoms with Crippen LogP contribution < -0.4 is 9.04 Å². The molecule has 0 spiro atoms.